The molecule has 0 amide bonds. The Kier molecular flexibility index (Phi) is 8.02. The van der Waals surface area contributed by atoms with E-state index in [1.54, 1.807) is 19.9 Å². The molecule has 1 heterocycles. The van der Waals surface area contributed by atoms with E-state index in [2.05, 4.69) is 5.32 Å². The van der Waals surface area contributed by atoms with Crippen LogP contribution in [-0.2, 0) is 28.6 Å². The predicted molar refractivity (Wildman–Crippen MR) is 118 cm³/mol. The van der Waals surface area contributed by atoms with Crippen LogP contribution in [0.25, 0.3) is 0 Å². The lowest BCUT2D eigenvalue weighted by Crippen LogP contribution is -2.43. The average molecular weight is 460 g/mol. The number of nitrogens with one attached hydrogen (secondary N) is 1. The maximum Gasteiger partial charge on any atom is 0.336 e. The zero-order chi connectivity index (χ0) is 24.1. The molecule has 178 valence electrons. The number of rotatable bonds is 8. The summed E-state index contributed by atoms with van der Waals surface area (Å²) in [6, 6.07) is 5.77. The molecule has 0 radical (unpaired) electrons. The molecule has 8 heteroatoms. The second kappa shape index (κ2) is 10.7. The maximum absolute atomic E-state index is 14.2. The number of benzene rings is 1. The van der Waals surface area contributed by atoms with Gasteiger partial charge in [0.15, 0.2) is 5.78 Å². The van der Waals surface area contributed by atoms with Crippen molar-refractivity contribution in [2.75, 3.05) is 26.9 Å². The molecule has 1 aliphatic carbocycles. The van der Waals surface area contributed by atoms with Crippen molar-refractivity contribution in [3.8, 4) is 0 Å². The van der Waals surface area contributed by atoms with Gasteiger partial charge in [-0.05, 0) is 43.4 Å². The van der Waals surface area contributed by atoms with Gasteiger partial charge in [0.25, 0.3) is 0 Å². The standard InChI is InChI=1S/C25H30FNO6/c1-5-9-32-10-11-33-25(30)20-15(3)27-18-12-14(2)19(24(29)31-4)23(28)22(18)21(20)16-7-6-8-17(26)13-16/h6-8,13-14,19,21,27H,5,9-12H2,1-4H3/t14-,19+,21-/m1/s1. The Morgan fingerprint density at radius 2 is 1.97 bits per heavy atom. The van der Waals surface area contributed by atoms with Crippen LogP contribution < -0.4 is 5.32 Å². The van der Waals surface area contributed by atoms with Crippen LogP contribution in [-0.4, -0.2) is 44.7 Å². The Labute approximate surface area is 193 Å². The summed E-state index contributed by atoms with van der Waals surface area (Å²) in [5.74, 6) is -4.32. The number of esters is 2. The third-order valence-corrected chi connectivity index (χ3v) is 5.95. The van der Waals surface area contributed by atoms with Crippen LogP contribution in [0.1, 0.15) is 45.1 Å². The Morgan fingerprint density at radius 3 is 2.64 bits per heavy atom. The number of carbonyl (C=O) groups excluding carboxylic acids is 3. The number of Topliss-reactive ketones (excluding diaryl/α,β-unsaturated/α-hetero) is 1. The van der Waals surface area contributed by atoms with E-state index in [0.717, 1.165) is 6.42 Å². The SMILES string of the molecule is CCCOCCOC(=O)C1=C(C)NC2=C(C(=O)[C@@H](C(=O)OC)[C@H](C)C2)[C@@H]1c1cccc(F)c1. The van der Waals surface area contributed by atoms with Gasteiger partial charge in [-0.2, -0.15) is 0 Å². The average Bonchev–Trinajstić information content (AvgIpc) is 2.77. The minimum Gasteiger partial charge on any atom is -0.468 e. The lowest BCUT2D eigenvalue weighted by Gasteiger charge is -2.38. The van der Waals surface area contributed by atoms with Gasteiger partial charge >= 0.3 is 11.9 Å². The van der Waals surface area contributed by atoms with E-state index in [0.29, 0.717) is 30.0 Å². The molecule has 1 aromatic carbocycles. The molecule has 2 aliphatic rings. The molecule has 1 N–H and O–H groups in total. The first-order valence-electron chi connectivity index (χ1n) is 11.1. The fourth-order valence-electron chi connectivity index (χ4n) is 4.49. The highest BCUT2D eigenvalue weighted by Crippen LogP contribution is 2.45. The third kappa shape index (κ3) is 5.16. The van der Waals surface area contributed by atoms with Gasteiger partial charge in [0.05, 0.1) is 19.3 Å². The number of hydrogen-bond donors (Lipinski definition) is 1. The van der Waals surface area contributed by atoms with E-state index in [4.69, 9.17) is 14.2 Å². The highest BCUT2D eigenvalue weighted by molar-refractivity contribution is 6.12. The molecule has 1 aromatic rings. The highest BCUT2D eigenvalue weighted by Gasteiger charge is 2.47. The molecule has 7 nitrogen and oxygen atoms in total. The summed E-state index contributed by atoms with van der Waals surface area (Å²) >= 11 is 0. The molecule has 0 aromatic heterocycles. The van der Waals surface area contributed by atoms with E-state index in [9.17, 15) is 18.8 Å². The van der Waals surface area contributed by atoms with Crippen LogP contribution in [0.3, 0.4) is 0 Å². The zero-order valence-electron chi connectivity index (χ0n) is 19.4. The minimum absolute atomic E-state index is 0.0488. The van der Waals surface area contributed by atoms with Crippen LogP contribution in [0.4, 0.5) is 4.39 Å². The number of dihydropyridines is 1. The van der Waals surface area contributed by atoms with Gasteiger partial charge in [-0.25, -0.2) is 9.18 Å². The maximum atomic E-state index is 14.2. The number of halogens is 1. The smallest absolute Gasteiger partial charge is 0.336 e. The van der Waals surface area contributed by atoms with E-state index in [1.165, 1.54) is 25.3 Å². The molecule has 0 saturated heterocycles. The Balaban J connectivity index is 2.02. The summed E-state index contributed by atoms with van der Waals surface area (Å²) in [7, 11) is 1.24. The number of carbonyl (C=O) groups is 3. The van der Waals surface area contributed by atoms with E-state index in [-0.39, 0.29) is 30.3 Å². The van der Waals surface area contributed by atoms with Crippen molar-refractivity contribution in [1.29, 1.82) is 0 Å². The Bertz CT molecular complexity index is 998. The summed E-state index contributed by atoms with van der Waals surface area (Å²) in [4.78, 5) is 39.1. The van der Waals surface area contributed by atoms with Crippen molar-refractivity contribution in [3.05, 3.63) is 58.2 Å². The molecule has 0 spiro atoms. The first-order valence-corrected chi connectivity index (χ1v) is 11.1. The second-order valence-electron chi connectivity index (χ2n) is 8.34. The predicted octanol–water partition coefficient (Wildman–Crippen LogP) is 3.41. The number of hydrogen-bond acceptors (Lipinski definition) is 7. The molecule has 3 rings (SSSR count). The van der Waals surface area contributed by atoms with Gasteiger partial charge in [-0.1, -0.05) is 26.0 Å². The number of allylic oxidation sites excluding steroid dienone is 3. The fourth-order valence-corrected chi connectivity index (χ4v) is 4.49. The van der Waals surface area contributed by atoms with E-state index < -0.39 is 35.4 Å². The fraction of sp³-hybridized carbons (Fsp3) is 0.480. The molecule has 0 bridgehead atoms. The summed E-state index contributed by atoms with van der Waals surface area (Å²) in [5, 5.41) is 3.17. The monoisotopic (exact) mass is 459 g/mol. The highest BCUT2D eigenvalue weighted by atomic mass is 19.1. The van der Waals surface area contributed by atoms with Crippen LogP contribution in [0.15, 0.2) is 46.8 Å². The first-order chi connectivity index (χ1) is 15.8. The van der Waals surface area contributed by atoms with Crippen molar-refractivity contribution in [1.82, 2.24) is 5.32 Å². The summed E-state index contributed by atoms with van der Waals surface area (Å²) in [5.41, 5.74) is 2.07. The quantitative estimate of drug-likeness (QED) is 0.362. The molecule has 33 heavy (non-hydrogen) atoms. The van der Waals surface area contributed by atoms with Gasteiger partial charge in [0, 0.05) is 29.5 Å². The van der Waals surface area contributed by atoms with Crippen molar-refractivity contribution in [2.24, 2.45) is 11.8 Å². The molecule has 1 aliphatic heterocycles. The molecular formula is C25H30FNO6. The zero-order valence-corrected chi connectivity index (χ0v) is 19.4. The molecule has 0 saturated carbocycles. The minimum atomic E-state index is -0.996. The number of ether oxygens (including phenoxy) is 3. The van der Waals surface area contributed by atoms with Gasteiger partial charge < -0.3 is 19.5 Å². The van der Waals surface area contributed by atoms with Crippen molar-refractivity contribution >= 4 is 17.7 Å². The summed E-state index contributed by atoms with van der Waals surface area (Å²) in [6.07, 6.45) is 1.26. The Hall–Kier alpha value is -3.00. The van der Waals surface area contributed by atoms with Crippen molar-refractivity contribution < 1.29 is 33.0 Å². The molecule has 3 atom stereocenters. The van der Waals surface area contributed by atoms with Crippen LogP contribution >= 0.6 is 0 Å². The van der Waals surface area contributed by atoms with Crippen LogP contribution in [0.2, 0.25) is 0 Å². The van der Waals surface area contributed by atoms with Crippen LogP contribution in [0.5, 0.6) is 0 Å². The number of ketones is 1. The molecule has 0 unspecified atom stereocenters. The summed E-state index contributed by atoms with van der Waals surface area (Å²) < 4.78 is 29.8. The number of methoxy groups -OCH3 is 1. The first kappa shape index (κ1) is 24.6. The molecule has 0 fully saturated rings. The lowest BCUT2D eigenvalue weighted by atomic mass is 9.69. The van der Waals surface area contributed by atoms with Gasteiger partial charge in [0.2, 0.25) is 0 Å². The van der Waals surface area contributed by atoms with E-state index >= 15 is 0 Å². The van der Waals surface area contributed by atoms with Crippen molar-refractivity contribution in [3.63, 3.8) is 0 Å². The van der Waals surface area contributed by atoms with Gasteiger partial charge in [-0.15, -0.1) is 0 Å². The second-order valence-corrected chi connectivity index (χ2v) is 8.34. The van der Waals surface area contributed by atoms with Gasteiger partial charge in [0.1, 0.15) is 18.3 Å². The molecular weight excluding hydrogens is 429 g/mol. The van der Waals surface area contributed by atoms with E-state index in [1.807, 2.05) is 6.92 Å². The topological polar surface area (TPSA) is 90.9 Å². The van der Waals surface area contributed by atoms with Crippen molar-refractivity contribution in [2.45, 2.75) is 39.5 Å². The van der Waals surface area contributed by atoms with Gasteiger partial charge in [-0.3, -0.25) is 9.59 Å². The largest absolute Gasteiger partial charge is 0.468 e. The normalized spacial score (nSPS) is 22.6. The van der Waals surface area contributed by atoms with Crippen LogP contribution in [0, 0.1) is 17.7 Å². The third-order valence-electron chi connectivity index (χ3n) is 5.95. The Morgan fingerprint density at radius 1 is 1.21 bits per heavy atom. The lowest BCUT2D eigenvalue weighted by molar-refractivity contribution is -0.151. The summed E-state index contributed by atoms with van der Waals surface area (Å²) in [6.45, 7) is 6.37.